The zero-order chi connectivity index (χ0) is 10.1. The van der Waals surface area contributed by atoms with Gasteiger partial charge in [0.05, 0.1) is 11.8 Å². The van der Waals surface area contributed by atoms with Crippen molar-refractivity contribution in [1.29, 1.82) is 0 Å². The average molecular weight is 207 g/mol. The van der Waals surface area contributed by atoms with Crippen molar-refractivity contribution in [3.05, 3.63) is 22.7 Å². The van der Waals surface area contributed by atoms with Crippen LogP contribution in [0.15, 0.2) is 12.1 Å². The van der Waals surface area contributed by atoms with Crippen LogP contribution in [-0.2, 0) is 0 Å². The number of thiazole rings is 1. The third-order valence-electron chi connectivity index (χ3n) is 1.94. The fraction of sp³-hybridized carbons (Fsp3) is 0.200. The van der Waals surface area contributed by atoms with Crippen molar-refractivity contribution < 1.29 is 9.53 Å². The van der Waals surface area contributed by atoms with Gasteiger partial charge in [-0.15, -0.1) is 11.3 Å². The normalized spacial score (nSPS) is 10.4. The van der Waals surface area contributed by atoms with Crippen molar-refractivity contribution >= 4 is 27.8 Å². The fourth-order valence-electron chi connectivity index (χ4n) is 1.35. The summed E-state index contributed by atoms with van der Waals surface area (Å²) >= 11 is 1.38. The molecule has 0 unspecified atom stereocenters. The number of aryl methyl sites for hydroxylation is 1. The molecule has 0 radical (unpaired) electrons. The van der Waals surface area contributed by atoms with E-state index in [9.17, 15) is 4.79 Å². The summed E-state index contributed by atoms with van der Waals surface area (Å²) in [7, 11) is 1.61. The smallest absolute Gasteiger partial charge is 0.178 e. The van der Waals surface area contributed by atoms with Gasteiger partial charge < -0.3 is 4.74 Å². The lowest BCUT2D eigenvalue weighted by atomic mass is 10.2. The lowest BCUT2D eigenvalue weighted by Gasteiger charge is -2.01. The number of aldehydes is 1. The summed E-state index contributed by atoms with van der Waals surface area (Å²) < 4.78 is 6.18. The number of aromatic nitrogens is 1. The summed E-state index contributed by atoms with van der Waals surface area (Å²) in [5.41, 5.74) is 1.88. The number of carbonyl (C=O) groups is 1. The summed E-state index contributed by atoms with van der Waals surface area (Å²) in [4.78, 5) is 14.7. The molecule has 0 bridgehead atoms. The average Bonchev–Trinajstić information content (AvgIpc) is 2.59. The first-order valence-corrected chi connectivity index (χ1v) is 4.96. The Morgan fingerprint density at radius 3 is 2.93 bits per heavy atom. The van der Waals surface area contributed by atoms with Gasteiger partial charge in [0.2, 0.25) is 0 Å². The van der Waals surface area contributed by atoms with Gasteiger partial charge in [-0.25, -0.2) is 4.98 Å². The first-order valence-electron chi connectivity index (χ1n) is 4.15. The Labute approximate surface area is 85.3 Å². The number of methoxy groups -OCH3 is 1. The molecule has 1 aromatic carbocycles. The maximum Gasteiger partial charge on any atom is 0.178 e. The van der Waals surface area contributed by atoms with Gasteiger partial charge >= 0.3 is 0 Å². The van der Waals surface area contributed by atoms with Crippen LogP contribution in [0.25, 0.3) is 10.2 Å². The van der Waals surface area contributed by atoms with E-state index in [1.807, 2.05) is 19.1 Å². The lowest BCUT2D eigenvalue weighted by molar-refractivity contribution is 0.112. The van der Waals surface area contributed by atoms with Gasteiger partial charge in [-0.05, 0) is 24.6 Å². The molecule has 0 aliphatic carbocycles. The predicted octanol–water partition coefficient (Wildman–Crippen LogP) is 2.43. The molecule has 3 nitrogen and oxygen atoms in total. The number of nitrogens with zero attached hydrogens (tertiary/aromatic N) is 1. The maximum atomic E-state index is 10.6. The van der Waals surface area contributed by atoms with Crippen LogP contribution in [0.1, 0.15) is 15.4 Å². The first-order chi connectivity index (χ1) is 6.74. The summed E-state index contributed by atoms with van der Waals surface area (Å²) in [5, 5.41) is 0.490. The Bertz CT molecular complexity index is 490. The van der Waals surface area contributed by atoms with Crippen molar-refractivity contribution in [2.24, 2.45) is 0 Å². The highest BCUT2D eigenvalue weighted by atomic mass is 32.1. The summed E-state index contributed by atoms with van der Waals surface area (Å²) in [6.45, 7) is 1.99. The Balaban J connectivity index is 2.77. The maximum absolute atomic E-state index is 10.6. The van der Waals surface area contributed by atoms with Crippen LogP contribution in [0.2, 0.25) is 0 Å². The molecule has 0 aliphatic heterocycles. The molecule has 2 rings (SSSR count). The molecule has 72 valence electrons. The van der Waals surface area contributed by atoms with Gasteiger partial charge in [-0.3, -0.25) is 4.79 Å². The monoisotopic (exact) mass is 207 g/mol. The van der Waals surface area contributed by atoms with Crippen molar-refractivity contribution in [2.75, 3.05) is 7.11 Å². The fourth-order valence-corrected chi connectivity index (χ4v) is 2.25. The molecule has 0 saturated carbocycles. The number of ether oxygens (including phenoxy) is 1. The summed E-state index contributed by atoms with van der Waals surface area (Å²) in [6.07, 6.45) is 0.763. The molecule has 0 N–H and O–H groups in total. The van der Waals surface area contributed by atoms with Gasteiger partial charge in [0.25, 0.3) is 0 Å². The van der Waals surface area contributed by atoms with Crippen LogP contribution < -0.4 is 4.74 Å². The van der Waals surface area contributed by atoms with Crippen LogP contribution in [0.5, 0.6) is 5.75 Å². The van der Waals surface area contributed by atoms with E-state index in [4.69, 9.17) is 4.74 Å². The van der Waals surface area contributed by atoms with E-state index in [2.05, 4.69) is 4.98 Å². The Morgan fingerprint density at radius 2 is 2.29 bits per heavy atom. The molecular weight excluding hydrogens is 198 g/mol. The number of carbonyl (C=O) groups excluding carboxylic acids is 1. The minimum atomic E-state index is 0.490. The molecular formula is C10H9NO2S. The van der Waals surface area contributed by atoms with Gasteiger partial charge in [-0.1, -0.05) is 0 Å². The molecule has 0 fully saturated rings. The highest BCUT2D eigenvalue weighted by molar-refractivity contribution is 7.20. The number of hydrogen-bond donors (Lipinski definition) is 0. The van der Waals surface area contributed by atoms with E-state index < -0.39 is 0 Å². The number of fused-ring (bicyclic) bond motifs is 1. The van der Waals surface area contributed by atoms with E-state index >= 15 is 0 Å². The topological polar surface area (TPSA) is 39.2 Å². The van der Waals surface area contributed by atoms with Crippen molar-refractivity contribution in [1.82, 2.24) is 4.98 Å². The van der Waals surface area contributed by atoms with Crippen LogP contribution >= 0.6 is 11.3 Å². The van der Waals surface area contributed by atoms with Crippen LogP contribution in [-0.4, -0.2) is 18.4 Å². The highest BCUT2D eigenvalue weighted by Gasteiger charge is 2.08. The molecule has 14 heavy (non-hydrogen) atoms. The van der Waals surface area contributed by atoms with Crippen LogP contribution in [0.3, 0.4) is 0 Å². The second-order valence-corrected chi connectivity index (χ2v) is 4.05. The first kappa shape index (κ1) is 9.15. The van der Waals surface area contributed by atoms with E-state index in [1.165, 1.54) is 11.3 Å². The van der Waals surface area contributed by atoms with Gasteiger partial charge in [0.1, 0.15) is 11.3 Å². The minimum absolute atomic E-state index is 0.490. The van der Waals surface area contributed by atoms with E-state index in [1.54, 1.807) is 7.11 Å². The summed E-state index contributed by atoms with van der Waals surface area (Å²) in [6, 6.07) is 3.92. The predicted molar refractivity (Wildman–Crippen MR) is 56.3 cm³/mol. The minimum Gasteiger partial charge on any atom is -0.494 e. The zero-order valence-electron chi connectivity index (χ0n) is 7.90. The quantitative estimate of drug-likeness (QED) is 0.710. The number of hydrogen-bond acceptors (Lipinski definition) is 4. The Morgan fingerprint density at radius 1 is 1.50 bits per heavy atom. The molecule has 0 aliphatic rings. The highest BCUT2D eigenvalue weighted by Crippen LogP contribution is 2.30. The molecule has 0 amide bonds. The van der Waals surface area contributed by atoms with Crippen LogP contribution in [0, 0.1) is 6.92 Å². The van der Waals surface area contributed by atoms with E-state index in [0.717, 1.165) is 27.8 Å². The molecule has 0 atom stereocenters. The second kappa shape index (κ2) is 3.38. The SMILES string of the molecule is COc1cc(C)cc2sc(C=O)nc12. The third-order valence-corrected chi connectivity index (χ3v) is 2.87. The number of rotatable bonds is 2. The molecule has 0 saturated heterocycles. The Hall–Kier alpha value is -1.42. The van der Waals surface area contributed by atoms with Gasteiger partial charge in [0, 0.05) is 0 Å². The van der Waals surface area contributed by atoms with Gasteiger partial charge in [-0.2, -0.15) is 0 Å². The Kier molecular flexibility index (Phi) is 2.21. The van der Waals surface area contributed by atoms with Crippen molar-refractivity contribution in [3.8, 4) is 5.75 Å². The molecule has 4 heteroatoms. The molecule has 1 aromatic heterocycles. The molecule has 1 heterocycles. The van der Waals surface area contributed by atoms with Crippen molar-refractivity contribution in [2.45, 2.75) is 6.92 Å². The number of benzene rings is 1. The standard InChI is InChI=1S/C10H9NO2S/c1-6-3-7(13-2)10-8(4-6)14-9(5-12)11-10/h3-5H,1-2H3. The lowest BCUT2D eigenvalue weighted by Crippen LogP contribution is -1.85. The van der Waals surface area contributed by atoms with Gasteiger partial charge in [0.15, 0.2) is 11.3 Å². The molecule has 2 aromatic rings. The van der Waals surface area contributed by atoms with E-state index in [-0.39, 0.29) is 0 Å². The second-order valence-electron chi connectivity index (χ2n) is 2.98. The zero-order valence-corrected chi connectivity index (χ0v) is 8.72. The van der Waals surface area contributed by atoms with E-state index in [0.29, 0.717) is 5.01 Å². The third kappa shape index (κ3) is 1.37. The van der Waals surface area contributed by atoms with Crippen LogP contribution in [0.4, 0.5) is 0 Å². The summed E-state index contributed by atoms with van der Waals surface area (Å²) in [5.74, 6) is 0.726. The molecule has 0 spiro atoms. The largest absolute Gasteiger partial charge is 0.494 e. The van der Waals surface area contributed by atoms with Crippen molar-refractivity contribution in [3.63, 3.8) is 0 Å².